The molecule has 2 spiro atoms. The van der Waals surface area contributed by atoms with Crippen LogP contribution in [0.1, 0.15) is 84.5 Å². The molecule has 6 aliphatic rings. The molecule has 4 fully saturated rings. The van der Waals surface area contributed by atoms with E-state index in [2.05, 4.69) is 19.9 Å². The Balaban J connectivity index is 1.75. The van der Waals surface area contributed by atoms with Gasteiger partial charge >= 0.3 is 11.9 Å². The molecule has 1 saturated heterocycles. The summed E-state index contributed by atoms with van der Waals surface area (Å²) in [5.74, 6) is 1.26. The van der Waals surface area contributed by atoms with Crippen LogP contribution in [-0.4, -0.2) is 17.5 Å². The Morgan fingerprint density at radius 2 is 1.96 bits per heavy atom. The van der Waals surface area contributed by atoms with Crippen LogP contribution in [0.25, 0.3) is 0 Å². The zero-order chi connectivity index (χ0) is 19.5. The molecule has 4 nitrogen and oxygen atoms in total. The summed E-state index contributed by atoms with van der Waals surface area (Å²) in [7, 11) is 0. The van der Waals surface area contributed by atoms with Crippen LogP contribution in [0.2, 0.25) is 0 Å². The van der Waals surface area contributed by atoms with E-state index in [4.69, 9.17) is 9.47 Å². The van der Waals surface area contributed by atoms with Gasteiger partial charge in [-0.2, -0.15) is 0 Å². The van der Waals surface area contributed by atoms with Crippen LogP contribution in [0.3, 0.4) is 0 Å². The second kappa shape index (κ2) is 6.47. The van der Waals surface area contributed by atoms with Gasteiger partial charge in [-0.25, -0.2) is 4.79 Å². The van der Waals surface area contributed by atoms with Crippen molar-refractivity contribution in [1.29, 1.82) is 0 Å². The second-order valence-corrected chi connectivity index (χ2v) is 9.52. The summed E-state index contributed by atoms with van der Waals surface area (Å²) in [6, 6.07) is 0. The summed E-state index contributed by atoms with van der Waals surface area (Å²) in [4.78, 5) is 26.1. The number of unbranched alkanes of at least 4 members (excludes halogenated alkanes) is 1. The zero-order valence-electron chi connectivity index (χ0n) is 17.2. The van der Waals surface area contributed by atoms with Crippen LogP contribution in [0.4, 0.5) is 0 Å². The molecule has 2 bridgehead atoms. The topological polar surface area (TPSA) is 52.6 Å². The van der Waals surface area contributed by atoms with Crippen LogP contribution in [0.5, 0.6) is 0 Å². The molecule has 0 aromatic carbocycles. The molecule has 2 heterocycles. The molecule has 0 aromatic rings. The van der Waals surface area contributed by atoms with Gasteiger partial charge in [-0.15, -0.1) is 0 Å². The Morgan fingerprint density at radius 3 is 2.75 bits per heavy atom. The molecule has 3 saturated carbocycles. The van der Waals surface area contributed by atoms with Crippen molar-refractivity contribution in [2.45, 2.75) is 90.1 Å². The third-order valence-electron chi connectivity index (χ3n) is 8.37. The Morgan fingerprint density at radius 1 is 1.14 bits per heavy atom. The van der Waals surface area contributed by atoms with Crippen molar-refractivity contribution in [1.82, 2.24) is 0 Å². The number of hydrogen-bond acceptors (Lipinski definition) is 4. The van der Waals surface area contributed by atoms with Gasteiger partial charge in [0.2, 0.25) is 0 Å². The summed E-state index contributed by atoms with van der Waals surface area (Å²) in [5, 5.41) is 0. The Kier molecular flexibility index (Phi) is 4.26. The number of hydrogen-bond donors (Lipinski definition) is 0. The molecule has 6 rings (SSSR count). The van der Waals surface area contributed by atoms with Crippen molar-refractivity contribution in [3.63, 3.8) is 0 Å². The molecular weight excluding hydrogens is 352 g/mol. The third kappa shape index (κ3) is 2.07. The third-order valence-corrected chi connectivity index (χ3v) is 8.37. The first kappa shape index (κ1) is 18.4. The summed E-state index contributed by atoms with van der Waals surface area (Å²) in [6.07, 6.45) is 13.1. The summed E-state index contributed by atoms with van der Waals surface area (Å²) < 4.78 is 12.5. The minimum absolute atomic E-state index is 0.0812. The molecule has 152 valence electrons. The molecular formula is C24H32O4. The Hall–Kier alpha value is -1.58. The van der Waals surface area contributed by atoms with Gasteiger partial charge in [-0.3, -0.25) is 4.79 Å². The molecule has 5 atom stereocenters. The van der Waals surface area contributed by atoms with Gasteiger partial charge < -0.3 is 9.47 Å². The van der Waals surface area contributed by atoms with Crippen LogP contribution in [0, 0.1) is 23.2 Å². The van der Waals surface area contributed by atoms with Crippen molar-refractivity contribution in [2.24, 2.45) is 23.2 Å². The molecule has 0 N–H and O–H groups in total. The van der Waals surface area contributed by atoms with Crippen LogP contribution in [0.15, 0.2) is 23.0 Å². The lowest BCUT2D eigenvalue weighted by atomic mass is 9.41. The van der Waals surface area contributed by atoms with Gasteiger partial charge in [0.15, 0.2) is 5.60 Å². The van der Waals surface area contributed by atoms with Crippen molar-refractivity contribution in [3.8, 4) is 0 Å². The molecule has 0 amide bonds. The smallest absolute Gasteiger partial charge is 0.335 e. The number of rotatable bonds is 4. The number of esters is 2. The number of carbonyl (C=O) groups excluding carboxylic acids is 2. The normalized spacial score (nSPS) is 42.8. The van der Waals surface area contributed by atoms with Crippen LogP contribution < -0.4 is 0 Å². The predicted octanol–water partition coefficient (Wildman–Crippen LogP) is 5.23. The average molecular weight is 385 g/mol. The van der Waals surface area contributed by atoms with E-state index in [1.165, 1.54) is 5.57 Å². The molecule has 28 heavy (non-hydrogen) atoms. The maximum absolute atomic E-state index is 13.1. The van der Waals surface area contributed by atoms with E-state index in [1.807, 2.05) is 0 Å². The highest BCUT2D eigenvalue weighted by Gasteiger charge is 2.78. The van der Waals surface area contributed by atoms with Gasteiger partial charge in [0.05, 0.1) is 11.3 Å². The SMILES string of the molecule is CCC/C=C1\OC(=O)C2CC3CCC12C1(OC(=O)C2=C1CCCC2)C3CCC. The fourth-order valence-electron chi connectivity index (χ4n) is 7.45. The second-order valence-electron chi connectivity index (χ2n) is 9.52. The van der Waals surface area contributed by atoms with Crippen molar-refractivity contribution in [2.75, 3.05) is 0 Å². The fourth-order valence-corrected chi connectivity index (χ4v) is 7.45. The van der Waals surface area contributed by atoms with E-state index in [0.717, 1.165) is 82.0 Å². The van der Waals surface area contributed by atoms with E-state index in [9.17, 15) is 9.59 Å². The number of carbonyl (C=O) groups is 2. The number of ether oxygens (including phenoxy) is 2. The first-order valence-electron chi connectivity index (χ1n) is 11.5. The monoisotopic (exact) mass is 384 g/mol. The molecule has 0 aromatic heterocycles. The quantitative estimate of drug-likeness (QED) is 0.623. The summed E-state index contributed by atoms with van der Waals surface area (Å²) in [5.41, 5.74) is 1.09. The molecule has 2 aliphatic heterocycles. The maximum Gasteiger partial charge on any atom is 0.335 e. The zero-order valence-corrected chi connectivity index (χ0v) is 17.2. The molecule has 5 unspecified atom stereocenters. The number of cyclic esters (lactones) is 1. The first-order valence-corrected chi connectivity index (χ1v) is 11.5. The Bertz CT molecular complexity index is 777. The highest BCUT2D eigenvalue weighted by molar-refractivity contribution is 5.94. The standard InChI is InChI=1S/C24H32O4/c1-3-5-11-20-23-13-12-15(14-19(23)22(26)27-20)17(8-4-2)24(23)18-10-7-6-9-16(18)21(25)28-24/h11,15,17,19H,3-10,12-14H2,1-2H3/b20-11-. The summed E-state index contributed by atoms with van der Waals surface area (Å²) >= 11 is 0. The lowest BCUT2D eigenvalue weighted by Gasteiger charge is -2.62. The van der Waals surface area contributed by atoms with Crippen LogP contribution in [-0.2, 0) is 19.1 Å². The molecule has 0 radical (unpaired) electrons. The first-order chi connectivity index (χ1) is 13.6. The van der Waals surface area contributed by atoms with Gasteiger partial charge in [0.1, 0.15) is 5.76 Å². The van der Waals surface area contributed by atoms with Crippen molar-refractivity contribution >= 4 is 11.9 Å². The highest BCUT2D eigenvalue weighted by Crippen LogP contribution is 2.73. The van der Waals surface area contributed by atoms with E-state index >= 15 is 0 Å². The minimum Gasteiger partial charge on any atom is -0.450 e. The molecule has 4 heteroatoms. The highest BCUT2D eigenvalue weighted by atomic mass is 16.6. The average Bonchev–Trinajstić information content (AvgIpc) is 3.17. The summed E-state index contributed by atoms with van der Waals surface area (Å²) in [6.45, 7) is 4.37. The van der Waals surface area contributed by atoms with Crippen LogP contribution >= 0.6 is 0 Å². The number of fused-ring (bicyclic) bond motifs is 1. The van der Waals surface area contributed by atoms with Crippen molar-refractivity contribution < 1.29 is 19.1 Å². The van der Waals surface area contributed by atoms with E-state index in [1.54, 1.807) is 0 Å². The number of allylic oxidation sites excluding steroid dienone is 1. The minimum atomic E-state index is -0.632. The van der Waals surface area contributed by atoms with E-state index in [0.29, 0.717) is 11.8 Å². The molecule has 4 aliphatic carbocycles. The van der Waals surface area contributed by atoms with Gasteiger partial charge in [-0.05, 0) is 75.4 Å². The predicted molar refractivity (Wildman–Crippen MR) is 105 cm³/mol. The lowest BCUT2D eigenvalue weighted by Crippen LogP contribution is -2.66. The Labute approximate surface area is 167 Å². The van der Waals surface area contributed by atoms with Crippen molar-refractivity contribution in [3.05, 3.63) is 23.0 Å². The maximum atomic E-state index is 13.1. The largest absolute Gasteiger partial charge is 0.450 e. The van der Waals surface area contributed by atoms with E-state index < -0.39 is 11.0 Å². The van der Waals surface area contributed by atoms with Gasteiger partial charge in [0.25, 0.3) is 0 Å². The van der Waals surface area contributed by atoms with Gasteiger partial charge in [0, 0.05) is 11.5 Å². The lowest BCUT2D eigenvalue weighted by molar-refractivity contribution is -0.208. The van der Waals surface area contributed by atoms with E-state index in [-0.39, 0.29) is 17.9 Å². The van der Waals surface area contributed by atoms with Gasteiger partial charge in [-0.1, -0.05) is 26.7 Å². The fraction of sp³-hybridized carbons (Fsp3) is 0.750.